The molecule has 0 amide bonds. The van der Waals surface area contributed by atoms with Crippen LogP contribution >= 0.6 is 22.9 Å². The van der Waals surface area contributed by atoms with Crippen LogP contribution in [0.2, 0.25) is 5.02 Å². The highest BCUT2D eigenvalue weighted by atomic mass is 35.5. The maximum atomic E-state index is 6.05. The van der Waals surface area contributed by atoms with Gasteiger partial charge in [0.15, 0.2) is 5.82 Å². The topological polar surface area (TPSA) is 51.8 Å². The third kappa shape index (κ3) is 1.94. The Kier molecular flexibility index (Phi) is 2.69. The highest BCUT2D eigenvalue weighted by molar-refractivity contribution is 7.17. The van der Waals surface area contributed by atoms with Crippen molar-refractivity contribution < 1.29 is 0 Å². The maximum Gasteiger partial charge on any atom is 0.162 e. The summed E-state index contributed by atoms with van der Waals surface area (Å²) in [5.74, 6) is 1.13. The molecule has 0 radical (unpaired) electrons. The summed E-state index contributed by atoms with van der Waals surface area (Å²) in [4.78, 5) is 8.85. The van der Waals surface area contributed by atoms with Crippen molar-refractivity contribution in [2.75, 3.05) is 5.73 Å². The lowest BCUT2D eigenvalue weighted by Gasteiger charge is -2.04. The number of hydrogen-bond donors (Lipinski definition) is 1. The third-order valence-corrected chi connectivity index (χ3v) is 3.77. The molecule has 0 saturated carbocycles. The molecule has 0 unspecified atom stereocenters. The van der Waals surface area contributed by atoms with Crippen molar-refractivity contribution in [1.29, 1.82) is 0 Å². The van der Waals surface area contributed by atoms with Gasteiger partial charge in [0.25, 0.3) is 0 Å². The molecule has 0 aliphatic rings. The van der Waals surface area contributed by atoms with Crippen molar-refractivity contribution in [2.24, 2.45) is 0 Å². The van der Waals surface area contributed by atoms with Crippen molar-refractivity contribution in [1.82, 2.24) is 9.97 Å². The Morgan fingerprint density at radius 1 is 1.22 bits per heavy atom. The van der Waals surface area contributed by atoms with Gasteiger partial charge in [-0.15, -0.1) is 11.3 Å². The van der Waals surface area contributed by atoms with Crippen molar-refractivity contribution >= 4 is 39.0 Å². The van der Waals surface area contributed by atoms with E-state index >= 15 is 0 Å². The van der Waals surface area contributed by atoms with E-state index in [0.29, 0.717) is 16.7 Å². The quantitative estimate of drug-likeness (QED) is 0.733. The second-order valence-electron chi connectivity index (χ2n) is 4.08. The zero-order valence-corrected chi connectivity index (χ0v) is 11.2. The molecule has 90 valence electrons. The fourth-order valence-corrected chi connectivity index (χ4v) is 2.90. The van der Waals surface area contributed by atoms with E-state index in [1.54, 1.807) is 11.3 Å². The summed E-state index contributed by atoms with van der Waals surface area (Å²) in [6, 6.07) is 7.69. The Morgan fingerprint density at radius 3 is 2.83 bits per heavy atom. The van der Waals surface area contributed by atoms with Crippen molar-refractivity contribution in [3.63, 3.8) is 0 Å². The molecular weight excluding hydrogens is 266 g/mol. The number of thiophene rings is 1. The molecule has 0 aliphatic heterocycles. The molecular formula is C13H10ClN3S. The number of halogens is 1. The molecule has 3 aromatic rings. The molecule has 0 atom stereocenters. The van der Waals surface area contributed by atoms with E-state index < -0.39 is 0 Å². The van der Waals surface area contributed by atoms with Gasteiger partial charge >= 0.3 is 0 Å². The van der Waals surface area contributed by atoms with Crippen molar-refractivity contribution in [3.05, 3.63) is 40.2 Å². The summed E-state index contributed by atoms with van der Waals surface area (Å²) in [5, 5.41) is 2.64. The van der Waals surface area contributed by atoms with Gasteiger partial charge in [-0.05, 0) is 42.1 Å². The molecule has 2 aromatic heterocycles. The van der Waals surface area contributed by atoms with Gasteiger partial charge in [-0.2, -0.15) is 0 Å². The lowest BCUT2D eigenvalue weighted by atomic mass is 10.1. The number of rotatable bonds is 1. The second kappa shape index (κ2) is 4.23. The molecule has 0 fully saturated rings. The van der Waals surface area contributed by atoms with E-state index in [-0.39, 0.29) is 0 Å². The fourth-order valence-electron chi connectivity index (χ4n) is 1.88. The van der Waals surface area contributed by atoms with Crippen LogP contribution in [0.4, 0.5) is 5.82 Å². The Balaban J connectivity index is 2.24. The van der Waals surface area contributed by atoms with Crippen LogP contribution in [0.1, 0.15) is 5.56 Å². The standard InChI is InChI=1S/C13H10ClN3S/c1-7-4-8(6-9(14)5-7)13-16-10-2-3-18-11(10)12(15)17-13/h2-6H,1H3,(H2,15,16,17). The zero-order chi connectivity index (χ0) is 12.7. The molecule has 0 aliphatic carbocycles. The average Bonchev–Trinajstić information content (AvgIpc) is 2.76. The van der Waals surface area contributed by atoms with Gasteiger partial charge in [0.1, 0.15) is 5.82 Å². The summed E-state index contributed by atoms with van der Waals surface area (Å²) in [6.45, 7) is 1.99. The summed E-state index contributed by atoms with van der Waals surface area (Å²) in [5.41, 5.74) is 8.78. The predicted molar refractivity (Wildman–Crippen MR) is 77.0 cm³/mol. The molecule has 5 heteroatoms. The molecule has 0 saturated heterocycles. The summed E-state index contributed by atoms with van der Waals surface area (Å²) >= 11 is 7.60. The van der Waals surface area contributed by atoms with Crippen LogP contribution < -0.4 is 5.73 Å². The number of aromatic nitrogens is 2. The van der Waals surface area contributed by atoms with E-state index in [9.17, 15) is 0 Å². The Bertz CT molecular complexity index is 716. The molecule has 3 nitrogen and oxygen atoms in total. The summed E-state index contributed by atoms with van der Waals surface area (Å²) < 4.78 is 0.928. The highest BCUT2D eigenvalue weighted by Gasteiger charge is 2.09. The Labute approximate surface area is 113 Å². The number of fused-ring (bicyclic) bond motifs is 1. The third-order valence-electron chi connectivity index (χ3n) is 2.63. The number of anilines is 1. The SMILES string of the molecule is Cc1cc(Cl)cc(-c2nc(N)c3sccc3n2)c1. The maximum absolute atomic E-state index is 6.05. The Hall–Kier alpha value is -1.65. The highest BCUT2D eigenvalue weighted by Crippen LogP contribution is 2.28. The van der Waals surface area contributed by atoms with E-state index in [1.807, 2.05) is 36.6 Å². The molecule has 0 bridgehead atoms. The number of benzene rings is 1. The monoisotopic (exact) mass is 275 g/mol. The largest absolute Gasteiger partial charge is 0.382 e. The van der Waals surface area contributed by atoms with Gasteiger partial charge in [-0.25, -0.2) is 9.97 Å². The normalized spacial score (nSPS) is 11.0. The number of nitrogen functional groups attached to an aromatic ring is 1. The first kappa shape index (κ1) is 11.4. The smallest absolute Gasteiger partial charge is 0.162 e. The second-order valence-corrected chi connectivity index (χ2v) is 5.44. The van der Waals surface area contributed by atoms with Crippen LogP contribution in [-0.2, 0) is 0 Å². The van der Waals surface area contributed by atoms with Crippen LogP contribution in [0.25, 0.3) is 21.6 Å². The predicted octanol–water partition coefficient (Wildman–Crippen LogP) is 3.90. The van der Waals surface area contributed by atoms with E-state index in [4.69, 9.17) is 17.3 Å². The molecule has 2 N–H and O–H groups in total. The first-order valence-corrected chi connectivity index (χ1v) is 6.67. The van der Waals surface area contributed by atoms with Crippen LogP contribution in [0, 0.1) is 6.92 Å². The van der Waals surface area contributed by atoms with E-state index in [0.717, 1.165) is 21.3 Å². The van der Waals surface area contributed by atoms with Gasteiger partial charge in [-0.1, -0.05) is 11.6 Å². The minimum absolute atomic E-state index is 0.516. The van der Waals surface area contributed by atoms with Crippen molar-refractivity contribution in [3.8, 4) is 11.4 Å². The molecule has 3 rings (SSSR count). The van der Waals surface area contributed by atoms with E-state index in [1.165, 1.54) is 0 Å². The number of aryl methyl sites for hydroxylation is 1. The van der Waals surface area contributed by atoms with Gasteiger partial charge in [0.05, 0.1) is 10.2 Å². The molecule has 0 spiro atoms. The van der Waals surface area contributed by atoms with Crippen LogP contribution in [0.3, 0.4) is 0 Å². The van der Waals surface area contributed by atoms with Gasteiger partial charge in [0, 0.05) is 10.6 Å². The molecule has 2 heterocycles. The van der Waals surface area contributed by atoms with Crippen molar-refractivity contribution in [2.45, 2.75) is 6.92 Å². The number of hydrogen-bond acceptors (Lipinski definition) is 4. The average molecular weight is 276 g/mol. The van der Waals surface area contributed by atoms with Gasteiger partial charge in [0.2, 0.25) is 0 Å². The number of nitrogens with zero attached hydrogens (tertiary/aromatic N) is 2. The number of nitrogens with two attached hydrogens (primary N) is 1. The summed E-state index contributed by atoms with van der Waals surface area (Å²) in [6.07, 6.45) is 0. The van der Waals surface area contributed by atoms with Crippen LogP contribution in [-0.4, -0.2) is 9.97 Å². The first-order valence-electron chi connectivity index (χ1n) is 5.42. The Morgan fingerprint density at radius 2 is 2.06 bits per heavy atom. The molecule has 1 aromatic carbocycles. The lowest BCUT2D eigenvalue weighted by molar-refractivity contribution is 1.24. The first-order chi connectivity index (χ1) is 8.63. The lowest BCUT2D eigenvalue weighted by Crippen LogP contribution is -1.96. The summed E-state index contributed by atoms with van der Waals surface area (Å²) in [7, 11) is 0. The minimum Gasteiger partial charge on any atom is -0.382 e. The fraction of sp³-hybridized carbons (Fsp3) is 0.0769. The van der Waals surface area contributed by atoms with Crippen LogP contribution in [0.5, 0.6) is 0 Å². The minimum atomic E-state index is 0.516. The zero-order valence-electron chi connectivity index (χ0n) is 9.64. The van der Waals surface area contributed by atoms with Gasteiger partial charge in [-0.3, -0.25) is 0 Å². The molecule has 18 heavy (non-hydrogen) atoms. The van der Waals surface area contributed by atoms with E-state index in [2.05, 4.69) is 9.97 Å². The van der Waals surface area contributed by atoms with Crippen LogP contribution in [0.15, 0.2) is 29.6 Å². The van der Waals surface area contributed by atoms with Gasteiger partial charge < -0.3 is 5.73 Å².